The van der Waals surface area contributed by atoms with Crippen LogP contribution in [0.4, 0.5) is 5.69 Å². The summed E-state index contributed by atoms with van der Waals surface area (Å²) in [6.45, 7) is 3.89. The highest BCUT2D eigenvalue weighted by Gasteiger charge is 2.38. The Labute approximate surface area is 157 Å². The maximum atomic E-state index is 12.9. The molecule has 4 N–H and O–H groups in total. The molecule has 1 aliphatic carbocycles. The van der Waals surface area contributed by atoms with Gasteiger partial charge >= 0.3 is 5.97 Å². The number of fused-ring (bicyclic) bond motifs is 1. The fourth-order valence-electron chi connectivity index (χ4n) is 3.70. The number of hydrogen-bond acceptors (Lipinski definition) is 4. The van der Waals surface area contributed by atoms with Crippen molar-refractivity contribution in [1.82, 2.24) is 4.98 Å². The predicted octanol–water partition coefficient (Wildman–Crippen LogP) is 3.12. The molecule has 6 nitrogen and oxygen atoms in total. The Morgan fingerprint density at radius 1 is 1.33 bits per heavy atom. The van der Waals surface area contributed by atoms with Crippen LogP contribution in [0.5, 0.6) is 0 Å². The first-order valence-electron chi connectivity index (χ1n) is 8.81. The molecule has 1 heterocycles. The molecule has 2 atom stereocenters. The molecular formula is C21H23N3O3. The number of anilines is 1. The normalized spacial score (nSPS) is 20.6. The molecule has 0 saturated carbocycles. The standard InChI is InChI=1S/C21H23N3O3/c1-13-10-21(2,7-5-17(13)20(26)27)18(11-22)19(25)24-16-4-3-15-12-23-8-6-14(15)9-16/h3-9,12,18H,10-11,22H2,1-2H3,(H,24,25)(H,26,27)/t18?,21-/m1/s1. The SMILES string of the molecule is CC1=C(C(=O)O)C=C[C@@](C)(C(CN)C(=O)Nc2ccc3cnccc3c2)C1. The third-order valence-electron chi connectivity index (χ3n) is 5.22. The van der Waals surface area contributed by atoms with Crippen LogP contribution in [0.1, 0.15) is 20.3 Å². The zero-order valence-electron chi connectivity index (χ0n) is 15.4. The number of allylic oxidation sites excluding steroid dienone is 2. The van der Waals surface area contributed by atoms with Crippen LogP contribution in [-0.4, -0.2) is 28.5 Å². The van der Waals surface area contributed by atoms with Crippen LogP contribution in [0, 0.1) is 11.3 Å². The fourth-order valence-corrected chi connectivity index (χ4v) is 3.70. The Morgan fingerprint density at radius 3 is 2.78 bits per heavy atom. The van der Waals surface area contributed by atoms with Crippen LogP contribution in [0.15, 0.2) is 60.0 Å². The van der Waals surface area contributed by atoms with Crippen molar-refractivity contribution in [1.29, 1.82) is 0 Å². The van der Waals surface area contributed by atoms with Gasteiger partial charge in [0.25, 0.3) is 0 Å². The number of carbonyl (C=O) groups excluding carboxylic acids is 1. The van der Waals surface area contributed by atoms with Crippen molar-refractivity contribution >= 4 is 28.3 Å². The molecule has 6 heteroatoms. The van der Waals surface area contributed by atoms with Crippen molar-refractivity contribution in [2.75, 3.05) is 11.9 Å². The van der Waals surface area contributed by atoms with Crippen molar-refractivity contribution in [3.8, 4) is 0 Å². The molecule has 2 aromatic rings. The molecule has 0 fully saturated rings. The largest absolute Gasteiger partial charge is 0.478 e. The van der Waals surface area contributed by atoms with E-state index in [0.717, 1.165) is 16.3 Å². The zero-order valence-corrected chi connectivity index (χ0v) is 15.4. The van der Waals surface area contributed by atoms with Gasteiger partial charge in [-0.2, -0.15) is 0 Å². The van der Waals surface area contributed by atoms with Crippen molar-refractivity contribution in [3.05, 3.63) is 60.0 Å². The van der Waals surface area contributed by atoms with E-state index in [1.165, 1.54) is 0 Å². The highest BCUT2D eigenvalue weighted by atomic mass is 16.4. The summed E-state index contributed by atoms with van der Waals surface area (Å²) in [5.41, 5.74) is 7.12. The smallest absolute Gasteiger partial charge is 0.335 e. The summed E-state index contributed by atoms with van der Waals surface area (Å²) < 4.78 is 0. The molecular weight excluding hydrogens is 342 g/mol. The molecule has 140 valence electrons. The Morgan fingerprint density at radius 2 is 2.11 bits per heavy atom. The number of carboxylic acid groups (broad SMARTS) is 1. The van der Waals surface area contributed by atoms with Gasteiger partial charge in [-0.15, -0.1) is 0 Å². The van der Waals surface area contributed by atoms with Crippen molar-refractivity contribution in [2.45, 2.75) is 20.3 Å². The number of carboxylic acids is 1. The molecule has 0 bridgehead atoms. The monoisotopic (exact) mass is 365 g/mol. The summed E-state index contributed by atoms with van der Waals surface area (Å²) in [4.78, 5) is 28.3. The van der Waals surface area contributed by atoms with Crippen LogP contribution in [0.2, 0.25) is 0 Å². The lowest BCUT2D eigenvalue weighted by atomic mass is 9.69. The van der Waals surface area contributed by atoms with Gasteiger partial charge in [-0.25, -0.2) is 4.79 Å². The van der Waals surface area contributed by atoms with E-state index in [1.54, 1.807) is 31.5 Å². The number of nitrogens with zero attached hydrogens (tertiary/aromatic N) is 1. The molecule has 1 unspecified atom stereocenters. The van der Waals surface area contributed by atoms with E-state index < -0.39 is 17.3 Å². The maximum absolute atomic E-state index is 12.9. The molecule has 1 aromatic heterocycles. The lowest BCUT2D eigenvalue weighted by Crippen LogP contribution is -2.41. The number of nitrogens with one attached hydrogen (secondary N) is 1. The summed E-state index contributed by atoms with van der Waals surface area (Å²) in [5, 5.41) is 14.2. The minimum Gasteiger partial charge on any atom is -0.478 e. The number of carbonyl (C=O) groups is 2. The Balaban J connectivity index is 1.81. The van der Waals surface area contributed by atoms with Gasteiger partial charge in [0, 0.05) is 35.4 Å². The molecule has 0 radical (unpaired) electrons. The average molecular weight is 365 g/mol. The van der Waals surface area contributed by atoms with Gasteiger partial charge < -0.3 is 16.2 Å². The van der Waals surface area contributed by atoms with Gasteiger partial charge in [0.15, 0.2) is 0 Å². The Hall–Kier alpha value is -2.99. The van der Waals surface area contributed by atoms with Crippen LogP contribution in [0.25, 0.3) is 10.8 Å². The van der Waals surface area contributed by atoms with Crippen molar-refractivity contribution in [3.63, 3.8) is 0 Å². The first-order valence-corrected chi connectivity index (χ1v) is 8.81. The van der Waals surface area contributed by atoms with E-state index in [4.69, 9.17) is 5.73 Å². The van der Waals surface area contributed by atoms with Crippen LogP contribution in [-0.2, 0) is 9.59 Å². The zero-order chi connectivity index (χ0) is 19.6. The number of rotatable bonds is 5. The predicted molar refractivity (Wildman–Crippen MR) is 105 cm³/mol. The Bertz CT molecular complexity index is 964. The molecule has 1 amide bonds. The van der Waals surface area contributed by atoms with Crippen molar-refractivity contribution in [2.24, 2.45) is 17.1 Å². The molecule has 1 aliphatic rings. The second-order valence-electron chi connectivity index (χ2n) is 7.23. The number of hydrogen-bond donors (Lipinski definition) is 3. The fraction of sp³-hybridized carbons (Fsp3) is 0.286. The topological polar surface area (TPSA) is 105 Å². The quantitative estimate of drug-likeness (QED) is 0.755. The first kappa shape index (κ1) is 18.8. The third kappa shape index (κ3) is 3.75. The van der Waals surface area contributed by atoms with Crippen LogP contribution < -0.4 is 11.1 Å². The van der Waals surface area contributed by atoms with E-state index in [-0.39, 0.29) is 18.0 Å². The third-order valence-corrected chi connectivity index (χ3v) is 5.22. The second-order valence-corrected chi connectivity index (χ2v) is 7.23. The minimum absolute atomic E-state index is 0.167. The molecule has 0 spiro atoms. The molecule has 0 saturated heterocycles. The van der Waals surface area contributed by atoms with Gasteiger partial charge in [-0.05, 0) is 36.9 Å². The number of nitrogens with two attached hydrogens (primary N) is 1. The van der Waals surface area contributed by atoms with E-state index in [9.17, 15) is 14.7 Å². The summed E-state index contributed by atoms with van der Waals surface area (Å²) >= 11 is 0. The highest BCUT2D eigenvalue weighted by Crippen LogP contribution is 2.40. The van der Waals surface area contributed by atoms with E-state index >= 15 is 0 Å². The maximum Gasteiger partial charge on any atom is 0.335 e. The minimum atomic E-state index is -0.954. The molecule has 27 heavy (non-hydrogen) atoms. The highest BCUT2D eigenvalue weighted by molar-refractivity contribution is 5.96. The number of amides is 1. The van der Waals surface area contributed by atoms with E-state index in [0.29, 0.717) is 12.1 Å². The van der Waals surface area contributed by atoms with E-state index in [1.807, 2.05) is 31.2 Å². The molecule has 1 aromatic carbocycles. The summed E-state index contributed by atoms with van der Waals surface area (Å²) in [7, 11) is 0. The number of aromatic nitrogens is 1. The Kier molecular flexibility index (Phi) is 5.10. The average Bonchev–Trinajstić information content (AvgIpc) is 2.61. The lowest BCUT2D eigenvalue weighted by molar-refractivity contribution is -0.132. The first-order chi connectivity index (χ1) is 12.8. The van der Waals surface area contributed by atoms with Crippen LogP contribution in [0.3, 0.4) is 0 Å². The number of pyridine rings is 1. The van der Waals surface area contributed by atoms with Gasteiger partial charge in [0.05, 0.1) is 11.5 Å². The molecule has 3 rings (SSSR count). The van der Waals surface area contributed by atoms with E-state index in [2.05, 4.69) is 10.3 Å². The summed E-state index contributed by atoms with van der Waals surface area (Å²) in [5.74, 6) is -1.61. The summed E-state index contributed by atoms with van der Waals surface area (Å²) in [6.07, 6.45) is 7.34. The van der Waals surface area contributed by atoms with Crippen LogP contribution >= 0.6 is 0 Å². The van der Waals surface area contributed by atoms with Gasteiger partial charge in [-0.3, -0.25) is 9.78 Å². The van der Waals surface area contributed by atoms with Crippen molar-refractivity contribution < 1.29 is 14.7 Å². The second kappa shape index (κ2) is 7.32. The van der Waals surface area contributed by atoms with Gasteiger partial charge in [0.1, 0.15) is 0 Å². The van der Waals surface area contributed by atoms with Gasteiger partial charge in [-0.1, -0.05) is 30.7 Å². The lowest BCUT2D eigenvalue weighted by Gasteiger charge is -2.36. The van der Waals surface area contributed by atoms with Gasteiger partial charge in [0.2, 0.25) is 5.91 Å². The number of benzene rings is 1. The summed E-state index contributed by atoms with van der Waals surface area (Å²) in [6, 6.07) is 7.53. The molecule has 0 aliphatic heterocycles. The number of aliphatic carboxylic acids is 1.